The molecule has 3 nitrogen and oxygen atoms in total. The molecule has 0 bridgehead atoms. The molecule has 0 atom stereocenters. The summed E-state index contributed by atoms with van der Waals surface area (Å²) < 4.78 is 28.3. The second kappa shape index (κ2) is 7.46. The average molecular weight is 346 g/mol. The molecule has 1 saturated carbocycles. The van der Waals surface area contributed by atoms with E-state index in [1.807, 2.05) is 6.92 Å². The molecule has 0 spiro atoms. The van der Waals surface area contributed by atoms with Gasteiger partial charge in [0.2, 0.25) is 0 Å². The lowest BCUT2D eigenvalue weighted by atomic mass is 9.86. The van der Waals surface area contributed by atoms with Crippen molar-refractivity contribution in [2.24, 2.45) is 10.9 Å². The fraction of sp³-hybridized carbons (Fsp3) is 0.500. The number of rotatable bonds is 4. The molecule has 0 unspecified atom stereocenters. The maximum atomic E-state index is 14.1. The van der Waals surface area contributed by atoms with Gasteiger partial charge in [-0.3, -0.25) is 9.79 Å². The third-order valence-electron chi connectivity index (χ3n) is 5.23. The lowest BCUT2D eigenvalue weighted by Gasteiger charge is -2.36. The Morgan fingerprint density at radius 2 is 1.84 bits per heavy atom. The van der Waals surface area contributed by atoms with Crippen LogP contribution >= 0.6 is 0 Å². The zero-order valence-corrected chi connectivity index (χ0v) is 14.8. The van der Waals surface area contributed by atoms with Gasteiger partial charge in [0.05, 0.1) is 13.1 Å². The van der Waals surface area contributed by atoms with Crippen molar-refractivity contribution in [3.8, 4) is 0 Å². The summed E-state index contributed by atoms with van der Waals surface area (Å²) in [7, 11) is 0. The van der Waals surface area contributed by atoms with Gasteiger partial charge in [-0.15, -0.1) is 0 Å². The van der Waals surface area contributed by atoms with Crippen LogP contribution in [-0.4, -0.2) is 29.1 Å². The number of benzene rings is 1. The molecule has 1 aromatic rings. The second-order valence-corrected chi connectivity index (χ2v) is 7.17. The van der Waals surface area contributed by atoms with E-state index in [2.05, 4.69) is 11.9 Å². The summed E-state index contributed by atoms with van der Waals surface area (Å²) in [6, 6.07) is 3.85. The maximum absolute atomic E-state index is 14.1. The van der Waals surface area contributed by atoms with Gasteiger partial charge in [-0.25, -0.2) is 8.78 Å². The van der Waals surface area contributed by atoms with Crippen molar-refractivity contribution in [2.75, 3.05) is 6.54 Å². The Balaban J connectivity index is 1.86. The second-order valence-electron chi connectivity index (χ2n) is 7.17. The first-order chi connectivity index (χ1) is 12.0. The number of carbonyl (C=O) groups excluding carboxylic acids is 1. The number of carbonyl (C=O) groups is 1. The summed E-state index contributed by atoms with van der Waals surface area (Å²) in [6.45, 7) is 4.37. The lowest BCUT2D eigenvalue weighted by Crippen LogP contribution is -2.43. The summed E-state index contributed by atoms with van der Waals surface area (Å²) in [5.74, 6) is -0.720. The third kappa shape index (κ3) is 3.97. The van der Waals surface area contributed by atoms with E-state index >= 15 is 0 Å². The van der Waals surface area contributed by atoms with Gasteiger partial charge in [-0.2, -0.15) is 0 Å². The van der Waals surface area contributed by atoms with Gasteiger partial charge in [-0.05, 0) is 56.7 Å². The predicted molar refractivity (Wildman–Crippen MR) is 94.4 cm³/mol. The fourth-order valence-electron chi connectivity index (χ4n) is 3.64. The van der Waals surface area contributed by atoms with E-state index in [0.29, 0.717) is 18.0 Å². The molecular weight excluding hydrogens is 322 g/mol. The zero-order valence-electron chi connectivity index (χ0n) is 14.8. The van der Waals surface area contributed by atoms with Crippen molar-refractivity contribution in [1.82, 2.24) is 4.90 Å². The average Bonchev–Trinajstić information content (AvgIpc) is 3.02. The SMILES string of the molecule is CC1=NCC(C(=O)N(Cc2c(F)cccc2F)C2CCC(C)CC2)=C1. The van der Waals surface area contributed by atoms with Crippen LogP contribution in [0.25, 0.3) is 0 Å². The van der Waals surface area contributed by atoms with Gasteiger partial charge in [0.25, 0.3) is 5.91 Å². The number of allylic oxidation sites excluding steroid dienone is 1. The highest BCUT2D eigenvalue weighted by molar-refractivity contribution is 6.06. The van der Waals surface area contributed by atoms with Crippen LogP contribution in [-0.2, 0) is 11.3 Å². The number of aliphatic imine (C=N–C) groups is 1. The molecule has 2 aliphatic rings. The Hall–Kier alpha value is -2.04. The van der Waals surface area contributed by atoms with E-state index in [-0.39, 0.29) is 24.1 Å². The number of amides is 1. The standard InChI is InChI=1S/C20H24F2N2O/c1-13-6-8-16(9-7-13)24(20(25)15-10-14(2)23-11-15)12-17-18(21)4-3-5-19(17)22/h3-5,10,13,16H,6-9,11-12H2,1-2H3. The molecule has 0 aromatic heterocycles. The Labute approximate surface area is 147 Å². The van der Waals surface area contributed by atoms with Crippen LogP contribution in [0.1, 0.15) is 45.1 Å². The van der Waals surface area contributed by atoms with Gasteiger partial charge in [0.1, 0.15) is 11.6 Å². The van der Waals surface area contributed by atoms with Crippen LogP contribution < -0.4 is 0 Å². The molecule has 1 amide bonds. The van der Waals surface area contributed by atoms with Crippen LogP contribution in [0.15, 0.2) is 34.8 Å². The molecule has 25 heavy (non-hydrogen) atoms. The molecule has 1 aromatic carbocycles. The number of hydrogen-bond acceptors (Lipinski definition) is 2. The molecule has 5 heteroatoms. The molecule has 134 valence electrons. The molecule has 1 heterocycles. The summed E-state index contributed by atoms with van der Waals surface area (Å²) >= 11 is 0. The molecule has 1 aliphatic heterocycles. The number of halogens is 2. The highest BCUT2D eigenvalue weighted by Crippen LogP contribution is 2.30. The Bertz CT molecular complexity index is 698. The minimum absolute atomic E-state index is 0.0181. The van der Waals surface area contributed by atoms with Crippen LogP contribution in [0.2, 0.25) is 0 Å². The molecule has 1 fully saturated rings. The van der Waals surface area contributed by atoms with E-state index in [9.17, 15) is 13.6 Å². The van der Waals surface area contributed by atoms with Crippen molar-refractivity contribution < 1.29 is 13.6 Å². The van der Waals surface area contributed by atoms with Crippen LogP contribution in [0.5, 0.6) is 0 Å². The monoisotopic (exact) mass is 346 g/mol. The summed E-state index contributed by atoms with van der Waals surface area (Å²) in [5.41, 5.74) is 1.39. The van der Waals surface area contributed by atoms with Gasteiger partial charge in [0.15, 0.2) is 0 Å². The van der Waals surface area contributed by atoms with E-state index in [0.717, 1.165) is 31.4 Å². The van der Waals surface area contributed by atoms with Gasteiger partial charge < -0.3 is 4.90 Å². The number of hydrogen-bond donors (Lipinski definition) is 0. The van der Waals surface area contributed by atoms with E-state index in [1.54, 1.807) is 11.0 Å². The van der Waals surface area contributed by atoms with Crippen molar-refractivity contribution >= 4 is 11.6 Å². The summed E-state index contributed by atoms with van der Waals surface area (Å²) in [5, 5.41) is 0. The van der Waals surface area contributed by atoms with Crippen molar-refractivity contribution in [3.05, 3.63) is 47.0 Å². The smallest absolute Gasteiger partial charge is 0.252 e. The Kier molecular flexibility index (Phi) is 5.30. The Morgan fingerprint density at radius 1 is 1.20 bits per heavy atom. The van der Waals surface area contributed by atoms with Gasteiger partial charge in [0, 0.05) is 22.9 Å². The molecule has 3 rings (SSSR count). The van der Waals surface area contributed by atoms with Crippen molar-refractivity contribution in [3.63, 3.8) is 0 Å². The third-order valence-corrected chi connectivity index (χ3v) is 5.23. The first kappa shape index (κ1) is 17.8. The highest BCUT2D eigenvalue weighted by Gasteiger charge is 2.31. The molecule has 0 N–H and O–H groups in total. The van der Waals surface area contributed by atoms with Crippen LogP contribution in [0, 0.1) is 17.6 Å². The highest BCUT2D eigenvalue weighted by atomic mass is 19.1. The molecular formula is C20H24F2N2O. The van der Waals surface area contributed by atoms with Crippen LogP contribution in [0.4, 0.5) is 8.78 Å². The van der Waals surface area contributed by atoms with Crippen LogP contribution in [0.3, 0.4) is 0 Å². The Morgan fingerprint density at radius 3 is 2.40 bits per heavy atom. The lowest BCUT2D eigenvalue weighted by molar-refractivity contribution is -0.131. The summed E-state index contributed by atoms with van der Waals surface area (Å²) in [4.78, 5) is 18.9. The minimum Gasteiger partial charge on any atom is -0.331 e. The van der Waals surface area contributed by atoms with E-state index < -0.39 is 11.6 Å². The quantitative estimate of drug-likeness (QED) is 0.801. The minimum atomic E-state index is -0.602. The molecule has 1 aliphatic carbocycles. The first-order valence-corrected chi connectivity index (χ1v) is 8.91. The number of nitrogens with zero attached hydrogens (tertiary/aromatic N) is 2. The predicted octanol–water partition coefficient (Wildman–Crippen LogP) is 4.27. The van der Waals surface area contributed by atoms with E-state index in [4.69, 9.17) is 0 Å². The normalized spacial score (nSPS) is 23.2. The summed E-state index contributed by atoms with van der Waals surface area (Å²) in [6.07, 6.45) is 5.58. The van der Waals surface area contributed by atoms with E-state index in [1.165, 1.54) is 18.2 Å². The fourth-order valence-corrected chi connectivity index (χ4v) is 3.64. The van der Waals surface area contributed by atoms with Gasteiger partial charge in [-0.1, -0.05) is 13.0 Å². The van der Waals surface area contributed by atoms with Crippen molar-refractivity contribution in [2.45, 2.75) is 52.1 Å². The zero-order chi connectivity index (χ0) is 18.0. The molecule has 0 saturated heterocycles. The first-order valence-electron chi connectivity index (χ1n) is 8.91. The molecule has 0 radical (unpaired) electrons. The largest absolute Gasteiger partial charge is 0.331 e. The van der Waals surface area contributed by atoms with Crippen molar-refractivity contribution in [1.29, 1.82) is 0 Å². The topological polar surface area (TPSA) is 32.7 Å². The van der Waals surface area contributed by atoms with Gasteiger partial charge >= 0.3 is 0 Å². The maximum Gasteiger partial charge on any atom is 0.252 e.